The zero-order valence-electron chi connectivity index (χ0n) is 14.3. The monoisotopic (exact) mass is 356 g/mol. The normalized spacial score (nSPS) is 14.5. The third-order valence-electron chi connectivity index (χ3n) is 4.13. The lowest BCUT2D eigenvalue weighted by atomic mass is 10.1. The molecule has 0 aliphatic carbocycles. The Morgan fingerprint density at radius 3 is 2.73 bits per heavy atom. The number of nitrogens with one attached hydrogen (secondary N) is 1. The highest BCUT2D eigenvalue weighted by Crippen LogP contribution is 2.25. The van der Waals surface area contributed by atoms with Gasteiger partial charge in [-0.05, 0) is 31.2 Å². The summed E-state index contributed by atoms with van der Waals surface area (Å²) < 4.78 is 11.4. The van der Waals surface area contributed by atoms with Crippen LogP contribution in [0, 0.1) is 0 Å². The van der Waals surface area contributed by atoms with Crippen LogP contribution >= 0.6 is 0 Å². The van der Waals surface area contributed by atoms with E-state index in [0.717, 1.165) is 5.56 Å². The van der Waals surface area contributed by atoms with E-state index in [0.29, 0.717) is 31.2 Å². The molecule has 26 heavy (non-hydrogen) atoms. The average molecular weight is 356 g/mol. The number of para-hydroxylation sites is 1. The maximum Gasteiger partial charge on any atom is 0.274 e. The molecule has 2 amide bonds. The number of amides is 2. The maximum absolute atomic E-state index is 12.7. The number of carbonyl (C=O) groups excluding carboxylic acids is 2. The fraction of sp³-hybridized carbons (Fsp3) is 0.263. The number of hydrogen-bond donors (Lipinski definition) is 2. The number of hydrogen-bond acceptors (Lipinski definition) is 5. The van der Waals surface area contributed by atoms with Gasteiger partial charge in [0.1, 0.15) is 18.1 Å². The second kappa shape index (κ2) is 7.88. The van der Waals surface area contributed by atoms with E-state index in [4.69, 9.17) is 14.7 Å². The van der Waals surface area contributed by atoms with E-state index < -0.39 is 12.0 Å². The summed E-state index contributed by atoms with van der Waals surface area (Å²) in [4.78, 5) is 25.9. The van der Waals surface area contributed by atoms with Crippen molar-refractivity contribution >= 4 is 11.8 Å². The number of benzene rings is 2. The molecule has 0 bridgehead atoms. The van der Waals surface area contributed by atoms with E-state index in [2.05, 4.69) is 0 Å². The standard InChI is InChI=1S/C19H20N2O5/c1-13(26-16-5-3-2-4-6-16)19(23)21-9-10-25-17-11-14(18(22)20-24)7-8-15(17)12-21/h2-8,11,13,24H,9-10,12H2,1H3,(H,20,22). The molecule has 0 saturated carbocycles. The van der Waals surface area contributed by atoms with Gasteiger partial charge >= 0.3 is 0 Å². The largest absolute Gasteiger partial charge is 0.491 e. The van der Waals surface area contributed by atoms with Crippen LogP contribution in [0.4, 0.5) is 0 Å². The second-order valence-corrected chi connectivity index (χ2v) is 5.94. The van der Waals surface area contributed by atoms with Gasteiger partial charge < -0.3 is 14.4 Å². The van der Waals surface area contributed by atoms with E-state index in [1.54, 1.807) is 47.6 Å². The van der Waals surface area contributed by atoms with Gasteiger partial charge in [0.2, 0.25) is 0 Å². The lowest BCUT2D eigenvalue weighted by Gasteiger charge is -2.24. The van der Waals surface area contributed by atoms with Crippen LogP contribution in [0.5, 0.6) is 11.5 Å². The Hall–Kier alpha value is -3.06. The molecule has 1 aliphatic rings. The summed E-state index contributed by atoms with van der Waals surface area (Å²) in [6, 6.07) is 14.0. The molecule has 0 saturated heterocycles. The lowest BCUT2D eigenvalue weighted by Crippen LogP contribution is -2.41. The summed E-state index contributed by atoms with van der Waals surface area (Å²) in [6.45, 7) is 2.80. The molecule has 1 unspecified atom stereocenters. The lowest BCUT2D eigenvalue weighted by molar-refractivity contribution is -0.138. The molecule has 2 aromatic carbocycles. The van der Waals surface area contributed by atoms with Crippen molar-refractivity contribution in [1.29, 1.82) is 0 Å². The highest BCUT2D eigenvalue weighted by Gasteiger charge is 2.25. The quantitative estimate of drug-likeness (QED) is 0.646. The number of hydroxylamine groups is 1. The number of nitrogens with zero attached hydrogens (tertiary/aromatic N) is 1. The Bertz CT molecular complexity index is 794. The highest BCUT2D eigenvalue weighted by atomic mass is 16.5. The second-order valence-electron chi connectivity index (χ2n) is 5.94. The molecule has 1 aliphatic heterocycles. The molecule has 0 aromatic heterocycles. The Morgan fingerprint density at radius 2 is 2.00 bits per heavy atom. The van der Waals surface area contributed by atoms with Crippen LogP contribution < -0.4 is 15.0 Å². The molecule has 136 valence electrons. The predicted octanol–water partition coefficient (Wildman–Crippen LogP) is 1.99. The van der Waals surface area contributed by atoms with E-state index in [1.165, 1.54) is 0 Å². The first kappa shape index (κ1) is 17.8. The van der Waals surface area contributed by atoms with Gasteiger partial charge in [-0.1, -0.05) is 24.3 Å². The molecular weight excluding hydrogens is 336 g/mol. The Balaban J connectivity index is 1.72. The molecular formula is C19H20N2O5. The topological polar surface area (TPSA) is 88.1 Å². The summed E-state index contributed by atoms with van der Waals surface area (Å²) in [6.07, 6.45) is -0.626. The minimum Gasteiger partial charge on any atom is -0.491 e. The minimum absolute atomic E-state index is 0.137. The SMILES string of the molecule is CC(Oc1ccccc1)C(=O)N1CCOc2cc(C(=O)NO)ccc2C1. The van der Waals surface area contributed by atoms with Gasteiger partial charge in [-0.15, -0.1) is 0 Å². The molecule has 3 rings (SSSR count). The van der Waals surface area contributed by atoms with Crippen molar-refractivity contribution in [3.8, 4) is 11.5 Å². The zero-order valence-corrected chi connectivity index (χ0v) is 14.3. The first-order chi connectivity index (χ1) is 12.6. The van der Waals surface area contributed by atoms with Gasteiger partial charge in [-0.3, -0.25) is 14.8 Å². The molecule has 2 aromatic rings. The first-order valence-corrected chi connectivity index (χ1v) is 8.29. The average Bonchev–Trinajstić information content (AvgIpc) is 2.89. The number of ether oxygens (including phenoxy) is 2. The van der Waals surface area contributed by atoms with Gasteiger partial charge in [0.25, 0.3) is 11.8 Å². The smallest absolute Gasteiger partial charge is 0.274 e. The van der Waals surface area contributed by atoms with Crippen LogP contribution in [0.25, 0.3) is 0 Å². The van der Waals surface area contributed by atoms with Crippen LogP contribution in [0.15, 0.2) is 48.5 Å². The summed E-state index contributed by atoms with van der Waals surface area (Å²) in [5, 5.41) is 8.74. The van der Waals surface area contributed by atoms with Gasteiger partial charge in [0, 0.05) is 17.7 Å². The van der Waals surface area contributed by atoms with Gasteiger partial charge in [0.05, 0.1) is 6.54 Å². The van der Waals surface area contributed by atoms with E-state index >= 15 is 0 Å². The highest BCUT2D eigenvalue weighted by molar-refractivity contribution is 5.93. The van der Waals surface area contributed by atoms with Crippen molar-refractivity contribution in [2.45, 2.75) is 19.6 Å². The molecule has 7 heteroatoms. The van der Waals surface area contributed by atoms with E-state index in [9.17, 15) is 9.59 Å². The number of rotatable bonds is 4. The summed E-state index contributed by atoms with van der Waals surface area (Å²) in [7, 11) is 0. The summed E-state index contributed by atoms with van der Waals surface area (Å²) in [5.41, 5.74) is 2.67. The van der Waals surface area contributed by atoms with Crippen LogP contribution in [0.2, 0.25) is 0 Å². The maximum atomic E-state index is 12.7. The van der Waals surface area contributed by atoms with Crippen molar-refractivity contribution in [2.75, 3.05) is 13.2 Å². The Labute approximate surface area is 151 Å². The van der Waals surface area contributed by atoms with Crippen LogP contribution in [0.3, 0.4) is 0 Å². The van der Waals surface area contributed by atoms with Crippen molar-refractivity contribution in [3.05, 3.63) is 59.7 Å². The van der Waals surface area contributed by atoms with Crippen molar-refractivity contribution in [2.24, 2.45) is 0 Å². The predicted molar refractivity (Wildman–Crippen MR) is 93.1 cm³/mol. The minimum atomic E-state index is -0.626. The number of carbonyl (C=O) groups is 2. The third-order valence-corrected chi connectivity index (χ3v) is 4.13. The molecule has 1 atom stereocenters. The van der Waals surface area contributed by atoms with E-state index in [-0.39, 0.29) is 11.5 Å². The number of fused-ring (bicyclic) bond motifs is 1. The van der Waals surface area contributed by atoms with Crippen molar-refractivity contribution in [1.82, 2.24) is 10.4 Å². The van der Waals surface area contributed by atoms with E-state index in [1.807, 2.05) is 18.2 Å². The molecule has 1 heterocycles. The fourth-order valence-electron chi connectivity index (χ4n) is 2.77. The molecule has 0 fully saturated rings. The first-order valence-electron chi connectivity index (χ1n) is 8.29. The zero-order chi connectivity index (χ0) is 18.5. The Kier molecular flexibility index (Phi) is 5.38. The van der Waals surface area contributed by atoms with Gasteiger partial charge in [-0.2, -0.15) is 0 Å². The van der Waals surface area contributed by atoms with Crippen LogP contribution in [0.1, 0.15) is 22.8 Å². The van der Waals surface area contributed by atoms with Gasteiger partial charge in [-0.25, -0.2) is 5.48 Å². The van der Waals surface area contributed by atoms with Crippen molar-refractivity contribution in [3.63, 3.8) is 0 Å². The van der Waals surface area contributed by atoms with Gasteiger partial charge in [0.15, 0.2) is 6.10 Å². The fourth-order valence-corrected chi connectivity index (χ4v) is 2.77. The Morgan fingerprint density at radius 1 is 1.23 bits per heavy atom. The summed E-state index contributed by atoms with van der Waals surface area (Å²) >= 11 is 0. The molecule has 0 radical (unpaired) electrons. The molecule has 2 N–H and O–H groups in total. The third kappa shape index (κ3) is 3.94. The molecule has 0 spiro atoms. The summed E-state index contributed by atoms with van der Waals surface area (Å²) in [5.74, 6) is 0.415. The van der Waals surface area contributed by atoms with Crippen molar-refractivity contribution < 1.29 is 24.3 Å². The van der Waals surface area contributed by atoms with Crippen LogP contribution in [-0.2, 0) is 11.3 Å². The van der Waals surface area contributed by atoms with Crippen LogP contribution in [-0.4, -0.2) is 41.2 Å². The molecule has 7 nitrogen and oxygen atoms in total.